The van der Waals surface area contributed by atoms with Crippen LogP contribution in [0.15, 0.2) is 42.5 Å². The van der Waals surface area contributed by atoms with Gasteiger partial charge >= 0.3 is 0 Å². The van der Waals surface area contributed by atoms with Gasteiger partial charge < -0.3 is 20.6 Å². The predicted octanol–water partition coefficient (Wildman–Crippen LogP) is 2.33. The minimum atomic E-state index is -1.79. The van der Waals surface area contributed by atoms with Gasteiger partial charge in [-0.25, -0.2) is 0 Å². The molecular weight excluding hydrogens is 542 g/mol. The first kappa shape index (κ1) is 30.5. The monoisotopic (exact) mass is 573 g/mol. The molecule has 2 aromatic rings. The average Bonchev–Trinajstić information content (AvgIpc) is 3.37. The standard InChI is InChI=1S/C26H31N5O8S/c1-15-18(11-17(30(36)37)12-20(15)31(38)39)23(33)27-19(10-16-8-6-5-7-9-16)22(32)25(35)29-14-40-13-21(29)24(34)28-26(2,3)4/h5-9,11-12,19,21-22,32H,10,13-14H2,1-4H3,(H,27,33)(H,28,34)/t19?,21-,22?/m0/s1. The van der Waals surface area contributed by atoms with Crippen LogP contribution in [0.25, 0.3) is 0 Å². The molecule has 3 rings (SSSR count). The number of thioether (sulfide) groups is 1. The smallest absolute Gasteiger partial charge is 0.279 e. The number of aliphatic hydroxyl groups is 1. The van der Waals surface area contributed by atoms with Crippen molar-refractivity contribution in [3.63, 3.8) is 0 Å². The Labute approximate surface area is 234 Å². The number of hydrogen-bond donors (Lipinski definition) is 3. The minimum absolute atomic E-state index is 0.00457. The second-order valence-electron chi connectivity index (χ2n) is 10.4. The first-order chi connectivity index (χ1) is 18.7. The summed E-state index contributed by atoms with van der Waals surface area (Å²) in [5.41, 5.74) is -1.59. The molecule has 214 valence electrons. The third-order valence-corrected chi connectivity index (χ3v) is 7.24. The summed E-state index contributed by atoms with van der Waals surface area (Å²) in [7, 11) is 0. The SMILES string of the molecule is Cc1c(C(=O)NC(Cc2ccccc2)C(O)C(=O)N2CSC[C@H]2C(=O)NC(C)(C)C)cc([N+](=O)[O-])cc1[N+](=O)[O-]. The molecule has 0 bridgehead atoms. The van der Waals surface area contributed by atoms with Gasteiger partial charge in [0.25, 0.3) is 23.2 Å². The van der Waals surface area contributed by atoms with E-state index >= 15 is 0 Å². The molecule has 0 spiro atoms. The van der Waals surface area contributed by atoms with E-state index in [-0.39, 0.29) is 29.3 Å². The van der Waals surface area contributed by atoms with Gasteiger partial charge in [-0.3, -0.25) is 34.6 Å². The number of amides is 3. The van der Waals surface area contributed by atoms with E-state index in [1.54, 1.807) is 51.1 Å². The van der Waals surface area contributed by atoms with Crippen LogP contribution in [0.2, 0.25) is 0 Å². The lowest BCUT2D eigenvalue weighted by Crippen LogP contribution is -2.57. The van der Waals surface area contributed by atoms with Crippen molar-refractivity contribution < 1.29 is 29.3 Å². The van der Waals surface area contributed by atoms with Crippen LogP contribution < -0.4 is 10.6 Å². The summed E-state index contributed by atoms with van der Waals surface area (Å²) < 4.78 is 0. The van der Waals surface area contributed by atoms with Crippen molar-refractivity contribution in [2.75, 3.05) is 11.6 Å². The number of benzene rings is 2. The summed E-state index contributed by atoms with van der Waals surface area (Å²) in [5.74, 6) is -1.61. The highest BCUT2D eigenvalue weighted by Crippen LogP contribution is 2.29. The van der Waals surface area contributed by atoms with Crippen molar-refractivity contribution in [1.29, 1.82) is 0 Å². The van der Waals surface area contributed by atoms with Crippen molar-refractivity contribution in [2.45, 2.75) is 57.8 Å². The summed E-state index contributed by atoms with van der Waals surface area (Å²) in [6.07, 6.45) is -1.79. The lowest BCUT2D eigenvalue weighted by Gasteiger charge is -2.31. The Hall–Kier alpha value is -4.04. The zero-order valence-corrected chi connectivity index (χ0v) is 23.3. The van der Waals surface area contributed by atoms with Crippen LogP contribution in [0.3, 0.4) is 0 Å². The molecular formula is C26H31N5O8S. The largest absolute Gasteiger partial charge is 0.381 e. The molecule has 3 amide bonds. The molecule has 2 aromatic carbocycles. The van der Waals surface area contributed by atoms with E-state index in [9.17, 15) is 39.7 Å². The lowest BCUT2D eigenvalue weighted by molar-refractivity contribution is -0.394. The van der Waals surface area contributed by atoms with Crippen LogP contribution in [-0.2, 0) is 16.0 Å². The molecule has 0 saturated carbocycles. The van der Waals surface area contributed by atoms with Crippen LogP contribution in [-0.4, -0.2) is 72.9 Å². The highest BCUT2D eigenvalue weighted by atomic mass is 32.2. The molecule has 14 heteroatoms. The molecule has 1 aliphatic heterocycles. The van der Waals surface area contributed by atoms with E-state index in [2.05, 4.69) is 10.6 Å². The molecule has 2 unspecified atom stereocenters. The zero-order chi connectivity index (χ0) is 29.8. The van der Waals surface area contributed by atoms with E-state index < -0.39 is 56.8 Å². The van der Waals surface area contributed by atoms with E-state index in [1.807, 2.05) is 0 Å². The fraction of sp³-hybridized carbons (Fsp3) is 0.423. The number of carbonyl (C=O) groups excluding carboxylic acids is 3. The molecule has 1 fully saturated rings. The first-order valence-electron chi connectivity index (χ1n) is 12.4. The number of nitro benzene ring substituents is 2. The predicted molar refractivity (Wildman–Crippen MR) is 148 cm³/mol. The number of non-ortho nitro benzene ring substituents is 1. The van der Waals surface area contributed by atoms with Crippen LogP contribution >= 0.6 is 11.8 Å². The Morgan fingerprint density at radius 3 is 2.35 bits per heavy atom. The summed E-state index contributed by atoms with van der Waals surface area (Å²) in [6.45, 7) is 6.70. The maximum absolute atomic E-state index is 13.5. The van der Waals surface area contributed by atoms with Crippen molar-refractivity contribution in [3.05, 3.63) is 79.4 Å². The molecule has 1 heterocycles. The van der Waals surface area contributed by atoms with Crippen molar-refractivity contribution in [2.24, 2.45) is 0 Å². The van der Waals surface area contributed by atoms with Gasteiger partial charge in [0.15, 0.2) is 6.10 Å². The van der Waals surface area contributed by atoms with Crippen LogP contribution in [0, 0.1) is 27.2 Å². The van der Waals surface area contributed by atoms with Gasteiger partial charge in [-0.15, -0.1) is 11.8 Å². The molecule has 0 radical (unpaired) electrons. The molecule has 3 N–H and O–H groups in total. The van der Waals surface area contributed by atoms with Gasteiger partial charge in [0.2, 0.25) is 5.91 Å². The van der Waals surface area contributed by atoms with E-state index in [0.717, 1.165) is 12.1 Å². The number of nitrogens with zero attached hydrogens (tertiary/aromatic N) is 3. The fourth-order valence-electron chi connectivity index (χ4n) is 4.24. The van der Waals surface area contributed by atoms with Crippen LogP contribution in [0.4, 0.5) is 11.4 Å². The summed E-state index contributed by atoms with van der Waals surface area (Å²) in [4.78, 5) is 62.1. The number of nitro groups is 2. The van der Waals surface area contributed by atoms with Gasteiger partial charge in [-0.1, -0.05) is 30.3 Å². The highest BCUT2D eigenvalue weighted by Gasteiger charge is 2.41. The summed E-state index contributed by atoms with van der Waals surface area (Å²) in [6, 6.07) is 8.31. The highest BCUT2D eigenvalue weighted by molar-refractivity contribution is 7.99. The summed E-state index contributed by atoms with van der Waals surface area (Å²) >= 11 is 1.35. The third-order valence-electron chi connectivity index (χ3n) is 6.23. The maximum atomic E-state index is 13.5. The van der Waals surface area contributed by atoms with E-state index in [4.69, 9.17) is 0 Å². The molecule has 0 aromatic heterocycles. The Morgan fingerprint density at radius 2 is 1.77 bits per heavy atom. The van der Waals surface area contributed by atoms with Gasteiger partial charge in [0.05, 0.1) is 33.4 Å². The number of rotatable bonds is 9. The van der Waals surface area contributed by atoms with Gasteiger partial charge in [0.1, 0.15) is 6.04 Å². The van der Waals surface area contributed by atoms with Crippen LogP contribution in [0.5, 0.6) is 0 Å². The number of carbonyl (C=O) groups is 3. The topological polar surface area (TPSA) is 185 Å². The van der Waals surface area contributed by atoms with Crippen molar-refractivity contribution >= 4 is 40.9 Å². The van der Waals surface area contributed by atoms with E-state index in [0.29, 0.717) is 11.3 Å². The lowest BCUT2D eigenvalue weighted by atomic mass is 9.98. The Kier molecular flexibility index (Phi) is 9.48. The van der Waals surface area contributed by atoms with Gasteiger partial charge in [-0.2, -0.15) is 0 Å². The van der Waals surface area contributed by atoms with Gasteiger partial charge in [0, 0.05) is 22.9 Å². The molecule has 3 atom stereocenters. The molecule has 1 aliphatic rings. The van der Waals surface area contributed by atoms with Gasteiger partial charge in [-0.05, 0) is 39.7 Å². The zero-order valence-electron chi connectivity index (χ0n) is 22.4. The number of hydrogen-bond acceptors (Lipinski definition) is 9. The second kappa shape index (κ2) is 12.4. The minimum Gasteiger partial charge on any atom is -0.381 e. The van der Waals surface area contributed by atoms with Crippen molar-refractivity contribution in [1.82, 2.24) is 15.5 Å². The fourth-order valence-corrected chi connectivity index (χ4v) is 5.41. The van der Waals surface area contributed by atoms with Crippen LogP contribution in [0.1, 0.15) is 42.3 Å². The quantitative estimate of drug-likeness (QED) is 0.299. The normalized spacial score (nSPS) is 16.6. The Bertz CT molecular complexity index is 1310. The van der Waals surface area contributed by atoms with Crippen molar-refractivity contribution in [3.8, 4) is 0 Å². The second-order valence-corrected chi connectivity index (χ2v) is 11.4. The number of aliphatic hydroxyl groups excluding tert-OH is 1. The third kappa shape index (κ3) is 7.33. The number of nitrogens with one attached hydrogen (secondary N) is 2. The molecule has 40 heavy (non-hydrogen) atoms. The summed E-state index contributed by atoms with van der Waals surface area (Å²) in [5, 5.41) is 39.5. The molecule has 0 aliphatic carbocycles. The Balaban J connectivity index is 1.93. The molecule has 13 nitrogen and oxygen atoms in total. The molecule has 1 saturated heterocycles. The average molecular weight is 574 g/mol. The van der Waals surface area contributed by atoms with E-state index in [1.165, 1.54) is 23.6 Å². The maximum Gasteiger partial charge on any atom is 0.279 e. The first-order valence-corrected chi connectivity index (χ1v) is 13.5. The Morgan fingerprint density at radius 1 is 1.12 bits per heavy atom.